The molecule has 0 unspecified atom stereocenters. The molecule has 156 valence electrons. The maximum atomic E-state index is 12.7. The van der Waals surface area contributed by atoms with Crippen LogP contribution in [0.3, 0.4) is 0 Å². The van der Waals surface area contributed by atoms with Gasteiger partial charge in [-0.15, -0.1) is 0 Å². The summed E-state index contributed by atoms with van der Waals surface area (Å²) < 4.78 is 6.82. The first-order valence-corrected chi connectivity index (χ1v) is 11.2. The molecule has 1 aromatic heterocycles. The Morgan fingerprint density at radius 1 is 1.13 bits per heavy atom. The number of thioether (sulfide) groups is 1. The van der Waals surface area contributed by atoms with Gasteiger partial charge in [0.25, 0.3) is 11.1 Å². The fourth-order valence-electron chi connectivity index (χ4n) is 2.97. The van der Waals surface area contributed by atoms with E-state index in [-0.39, 0.29) is 33.2 Å². The summed E-state index contributed by atoms with van der Waals surface area (Å²) in [5, 5.41) is 9.02. The minimum atomic E-state index is -1.14. The van der Waals surface area contributed by atoms with Crippen molar-refractivity contribution in [3.63, 3.8) is 0 Å². The highest BCUT2D eigenvalue weighted by Gasteiger charge is 2.35. The largest absolute Gasteiger partial charge is 0.478 e. The Balaban J connectivity index is 1.55. The zero-order chi connectivity index (χ0) is 22.1. The van der Waals surface area contributed by atoms with Gasteiger partial charge in [0.15, 0.2) is 0 Å². The normalized spacial score (nSPS) is 15.2. The molecule has 0 atom stereocenters. The fraction of sp³-hybridized carbons (Fsp3) is 0.0455. The number of aromatic carboxylic acids is 1. The predicted octanol–water partition coefficient (Wildman–Crippen LogP) is 6.14. The first-order valence-electron chi connectivity index (χ1n) is 8.94. The molecule has 1 fully saturated rings. The van der Waals surface area contributed by atoms with Gasteiger partial charge in [-0.05, 0) is 82.4 Å². The van der Waals surface area contributed by atoms with Crippen LogP contribution in [0.2, 0.25) is 5.02 Å². The summed E-state index contributed by atoms with van der Waals surface area (Å²) in [5.74, 6) is -0.725. The summed E-state index contributed by atoms with van der Waals surface area (Å²) >= 11 is 8.95. The average molecular weight is 566 g/mol. The number of nitrogens with zero attached hydrogens (tertiary/aromatic N) is 1. The number of carbonyl (C=O) groups is 3. The van der Waals surface area contributed by atoms with Crippen LogP contribution in [-0.4, -0.2) is 27.1 Å². The molecule has 0 saturated carbocycles. The molecule has 1 N–H and O–H groups in total. The van der Waals surface area contributed by atoms with E-state index < -0.39 is 5.97 Å². The first kappa shape index (κ1) is 21.7. The molecule has 6 nitrogen and oxygen atoms in total. The molecule has 1 aliphatic rings. The number of carboxylic acids is 1. The number of halogens is 2. The van der Waals surface area contributed by atoms with Crippen LogP contribution >= 0.6 is 46.0 Å². The summed E-state index contributed by atoms with van der Waals surface area (Å²) in [7, 11) is 0. The molecule has 4 rings (SSSR count). The molecular formula is C22H13ClINO5S. The van der Waals surface area contributed by atoms with E-state index in [0.717, 1.165) is 20.9 Å². The van der Waals surface area contributed by atoms with E-state index in [1.807, 2.05) is 24.3 Å². The minimum absolute atomic E-state index is 0.0335. The van der Waals surface area contributed by atoms with Crippen molar-refractivity contribution >= 4 is 69.1 Å². The van der Waals surface area contributed by atoms with Gasteiger partial charge in [-0.2, -0.15) is 0 Å². The monoisotopic (exact) mass is 565 g/mol. The number of rotatable bonds is 5. The lowest BCUT2D eigenvalue weighted by atomic mass is 10.1. The number of benzene rings is 2. The molecule has 0 radical (unpaired) electrons. The van der Waals surface area contributed by atoms with Gasteiger partial charge in [-0.1, -0.05) is 23.7 Å². The quantitative estimate of drug-likeness (QED) is 0.295. The molecule has 0 bridgehead atoms. The summed E-state index contributed by atoms with van der Waals surface area (Å²) in [6.45, 7) is 0.199. The minimum Gasteiger partial charge on any atom is -0.478 e. The van der Waals surface area contributed by atoms with E-state index in [0.29, 0.717) is 17.1 Å². The van der Waals surface area contributed by atoms with Crippen LogP contribution in [0.15, 0.2) is 63.9 Å². The van der Waals surface area contributed by atoms with E-state index in [1.165, 1.54) is 23.1 Å². The second-order valence-corrected chi connectivity index (χ2v) is 9.24. The van der Waals surface area contributed by atoms with Gasteiger partial charge in [0.2, 0.25) is 0 Å². The third kappa shape index (κ3) is 4.70. The van der Waals surface area contributed by atoms with Crippen LogP contribution in [0.5, 0.6) is 0 Å². The first-order chi connectivity index (χ1) is 14.8. The van der Waals surface area contributed by atoms with Crippen LogP contribution in [0, 0.1) is 3.57 Å². The fourth-order valence-corrected chi connectivity index (χ4v) is 4.34. The van der Waals surface area contributed by atoms with Crippen LogP contribution < -0.4 is 0 Å². The van der Waals surface area contributed by atoms with Gasteiger partial charge in [0.05, 0.1) is 22.0 Å². The van der Waals surface area contributed by atoms with Crippen molar-refractivity contribution in [2.75, 3.05) is 0 Å². The SMILES string of the molecule is O=C(O)c1cc(-c2ccc(/C=C3\SC(=O)N(Cc4ccc(I)cc4)C3=O)o2)ccc1Cl. The van der Waals surface area contributed by atoms with Crippen molar-refractivity contribution in [3.8, 4) is 11.3 Å². The van der Waals surface area contributed by atoms with Crippen LogP contribution in [0.4, 0.5) is 4.79 Å². The van der Waals surface area contributed by atoms with E-state index in [2.05, 4.69) is 22.6 Å². The Kier molecular flexibility index (Phi) is 6.22. The van der Waals surface area contributed by atoms with E-state index >= 15 is 0 Å². The van der Waals surface area contributed by atoms with E-state index in [9.17, 15) is 19.5 Å². The maximum Gasteiger partial charge on any atom is 0.337 e. The van der Waals surface area contributed by atoms with Crippen molar-refractivity contribution in [1.82, 2.24) is 4.90 Å². The van der Waals surface area contributed by atoms with Gasteiger partial charge in [0.1, 0.15) is 11.5 Å². The highest BCUT2D eigenvalue weighted by Crippen LogP contribution is 2.34. The smallest absolute Gasteiger partial charge is 0.337 e. The molecular weight excluding hydrogens is 553 g/mol. The van der Waals surface area contributed by atoms with E-state index in [4.69, 9.17) is 16.0 Å². The second kappa shape index (κ2) is 8.89. The third-order valence-corrected chi connectivity index (χ3v) is 6.47. The van der Waals surface area contributed by atoms with Crippen LogP contribution in [-0.2, 0) is 11.3 Å². The van der Waals surface area contributed by atoms with Gasteiger partial charge in [0, 0.05) is 15.2 Å². The van der Waals surface area contributed by atoms with Gasteiger partial charge in [-0.3, -0.25) is 14.5 Å². The van der Waals surface area contributed by atoms with Gasteiger partial charge in [-0.25, -0.2) is 4.79 Å². The number of furan rings is 1. The molecule has 2 heterocycles. The van der Waals surface area contributed by atoms with Gasteiger partial charge >= 0.3 is 5.97 Å². The number of hydrogen-bond acceptors (Lipinski definition) is 5. The van der Waals surface area contributed by atoms with Crippen molar-refractivity contribution in [1.29, 1.82) is 0 Å². The predicted molar refractivity (Wildman–Crippen MR) is 127 cm³/mol. The molecule has 1 aliphatic heterocycles. The molecule has 2 amide bonds. The van der Waals surface area contributed by atoms with Crippen molar-refractivity contribution in [2.45, 2.75) is 6.54 Å². The Morgan fingerprint density at radius 2 is 1.87 bits per heavy atom. The summed E-state index contributed by atoms with van der Waals surface area (Å²) in [6.07, 6.45) is 1.51. The highest BCUT2D eigenvalue weighted by molar-refractivity contribution is 14.1. The van der Waals surface area contributed by atoms with E-state index in [1.54, 1.807) is 18.2 Å². The second-order valence-electron chi connectivity index (χ2n) is 6.60. The summed E-state index contributed by atoms with van der Waals surface area (Å²) in [6, 6.07) is 15.5. The Labute approximate surface area is 200 Å². The number of carboxylic acid groups (broad SMARTS) is 1. The number of hydrogen-bond donors (Lipinski definition) is 1. The summed E-state index contributed by atoms with van der Waals surface area (Å²) in [4.78, 5) is 37.8. The standard InChI is InChI=1S/C22H13ClINO5S/c23-17-7-3-13(9-16(17)21(27)28)18-8-6-15(30-18)10-19-20(26)25(22(29)31-19)11-12-1-4-14(24)5-2-12/h1-10H,11H2,(H,27,28)/b19-10-. The van der Waals surface area contributed by atoms with Crippen LogP contribution in [0.25, 0.3) is 17.4 Å². The molecule has 0 spiro atoms. The zero-order valence-electron chi connectivity index (χ0n) is 15.7. The Morgan fingerprint density at radius 3 is 2.58 bits per heavy atom. The maximum absolute atomic E-state index is 12.7. The lowest BCUT2D eigenvalue weighted by Gasteiger charge is -2.12. The Hall–Kier alpha value is -2.56. The van der Waals surface area contributed by atoms with Crippen molar-refractivity contribution in [3.05, 3.63) is 85.0 Å². The molecule has 3 aromatic rings. The molecule has 1 saturated heterocycles. The average Bonchev–Trinajstić information content (AvgIpc) is 3.30. The van der Waals surface area contributed by atoms with Crippen molar-refractivity contribution < 1.29 is 23.9 Å². The molecule has 2 aromatic carbocycles. The highest BCUT2D eigenvalue weighted by atomic mass is 127. The number of imide groups is 1. The number of carbonyl (C=O) groups excluding carboxylic acids is 2. The Bertz CT molecular complexity index is 1230. The zero-order valence-corrected chi connectivity index (χ0v) is 19.4. The van der Waals surface area contributed by atoms with Crippen molar-refractivity contribution in [2.24, 2.45) is 0 Å². The summed E-state index contributed by atoms with van der Waals surface area (Å²) in [5.41, 5.74) is 1.36. The lowest BCUT2D eigenvalue weighted by molar-refractivity contribution is -0.123. The van der Waals surface area contributed by atoms with Crippen LogP contribution in [0.1, 0.15) is 21.7 Å². The third-order valence-electron chi connectivity index (χ3n) is 4.51. The molecule has 31 heavy (non-hydrogen) atoms. The topological polar surface area (TPSA) is 87.8 Å². The lowest BCUT2D eigenvalue weighted by Crippen LogP contribution is -2.27. The number of amides is 2. The van der Waals surface area contributed by atoms with Gasteiger partial charge < -0.3 is 9.52 Å². The molecule has 9 heteroatoms. The molecule has 0 aliphatic carbocycles.